The molecule has 1 atom stereocenters. The van der Waals surface area contributed by atoms with E-state index in [0.717, 1.165) is 12.1 Å². The van der Waals surface area contributed by atoms with Gasteiger partial charge in [0.15, 0.2) is 0 Å². The molecule has 0 fully saturated rings. The summed E-state index contributed by atoms with van der Waals surface area (Å²) in [6.07, 6.45) is 0. The normalized spacial score (nSPS) is 11.6. The van der Waals surface area contributed by atoms with Crippen LogP contribution in [-0.2, 0) is 6.54 Å². The zero-order valence-electron chi connectivity index (χ0n) is 12.0. The van der Waals surface area contributed by atoms with Gasteiger partial charge in [0.2, 0.25) is 0 Å². The van der Waals surface area contributed by atoms with Crippen LogP contribution in [0, 0.1) is 34.9 Å². The van der Waals surface area contributed by atoms with Crippen LogP contribution in [0.25, 0.3) is 0 Å². The average molecular weight is 273 g/mol. The van der Waals surface area contributed by atoms with Gasteiger partial charge >= 0.3 is 0 Å². The molecule has 4 heteroatoms. The van der Waals surface area contributed by atoms with Gasteiger partial charge in [-0.25, -0.2) is 4.39 Å². The van der Waals surface area contributed by atoms with Crippen molar-refractivity contribution < 1.29 is 4.39 Å². The lowest BCUT2D eigenvalue weighted by atomic mass is 10.1. The van der Waals surface area contributed by atoms with E-state index in [1.165, 1.54) is 12.1 Å². The molecule has 0 amide bonds. The topological polar surface area (TPSA) is 53.0 Å². The van der Waals surface area contributed by atoms with Crippen LogP contribution in [-0.4, -0.2) is 24.5 Å². The number of hydrogen-bond acceptors (Lipinski definition) is 3. The van der Waals surface area contributed by atoms with Crippen LogP contribution in [0.3, 0.4) is 0 Å². The third kappa shape index (κ3) is 5.01. The third-order valence-electron chi connectivity index (χ3n) is 2.99. The second-order valence-corrected chi connectivity index (χ2v) is 4.67. The summed E-state index contributed by atoms with van der Waals surface area (Å²) in [5.74, 6) is 5.32. The Balaban J connectivity index is 2.92. The molecule has 2 N–H and O–H groups in total. The minimum Gasteiger partial charge on any atom is -0.320 e. The molecule has 0 aliphatic carbocycles. The van der Waals surface area contributed by atoms with Crippen LogP contribution in [0.4, 0.5) is 4.39 Å². The van der Waals surface area contributed by atoms with Crippen molar-refractivity contribution >= 4 is 0 Å². The number of hydrogen-bond donors (Lipinski definition) is 1. The summed E-state index contributed by atoms with van der Waals surface area (Å²) in [6, 6.07) is 6.84. The number of nitrogens with two attached hydrogens (primary N) is 1. The molecule has 0 spiro atoms. The maximum atomic E-state index is 13.3. The fourth-order valence-electron chi connectivity index (χ4n) is 1.92. The molecule has 1 unspecified atom stereocenters. The Kier molecular flexibility index (Phi) is 6.73. The minimum absolute atomic E-state index is 0.0334. The summed E-state index contributed by atoms with van der Waals surface area (Å²) in [5.41, 5.74) is 6.99. The molecule has 1 rings (SSSR count). The van der Waals surface area contributed by atoms with Crippen molar-refractivity contribution in [3.05, 3.63) is 35.1 Å². The van der Waals surface area contributed by atoms with Gasteiger partial charge < -0.3 is 5.73 Å². The molecule has 0 aliphatic heterocycles. The van der Waals surface area contributed by atoms with Crippen LogP contribution in [0.15, 0.2) is 18.2 Å². The van der Waals surface area contributed by atoms with Gasteiger partial charge in [-0.2, -0.15) is 5.26 Å². The van der Waals surface area contributed by atoms with Crippen molar-refractivity contribution in [1.29, 1.82) is 5.26 Å². The van der Waals surface area contributed by atoms with Gasteiger partial charge in [-0.05, 0) is 31.2 Å². The highest BCUT2D eigenvalue weighted by Gasteiger charge is 2.11. The Morgan fingerprint density at radius 2 is 2.20 bits per heavy atom. The first-order chi connectivity index (χ1) is 9.60. The van der Waals surface area contributed by atoms with Gasteiger partial charge in [0.25, 0.3) is 0 Å². The molecule has 3 nitrogen and oxygen atoms in total. The van der Waals surface area contributed by atoms with Crippen LogP contribution < -0.4 is 5.73 Å². The lowest BCUT2D eigenvalue weighted by molar-refractivity contribution is 0.260. The van der Waals surface area contributed by atoms with Gasteiger partial charge in [-0.1, -0.05) is 24.8 Å². The van der Waals surface area contributed by atoms with E-state index in [4.69, 9.17) is 11.0 Å². The largest absolute Gasteiger partial charge is 0.320 e. The number of benzene rings is 1. The summed E-state index contributed by atoms with van der Waals surface area (Å²) < 4.78 is 13.3. The van der Waals surface area contributed by atoms with E-state index >= 15 is 0 Å². The predicted molar refractivity (Wildman–Crippen MR) is 78.1 cm³/mol. The fourth-order valence-corrected chi connectivity index (χ4v) is 1.92. The van der Waals surface area contributed by atoms with Gasteiger partial charge in [-0.15, -0.1) is 0 Å². The molecule has 1 aromatic carbocycles. The van der Waals surface area contributed by atoms with Gasteiger partial charge in [0.05, 0.1) is 18.5 Å². The van der Waals surface area contributed by atoms with E-state index in [1.807, 2.05) is 13.8 Å². The smallest absolute Gasteiger partial charge is 0.124 e. The molecule has 0 saturated carbocycles. The quantitative estimate of drug-likeness (QED) is 0.836. The van der Waals surface area contributed by atoms with E-state index in [-0.39, 0.29) is 18.3 Å². The Morgan fingerprint density at radius 1 is 1.45 bits per heavy atom. The van der Waals surface area contributed by atoms with Gasteiger partial charge in [0.1, 0.15) is 5.82 Å². The molecule has 0 radical (unpaired) electrons. The summed E-state index contributed by atoms with van der Waals surface area (Å²) in [5, 5.41) is 8.89. The monoisotopic (exact) mass is 273 g/mol. The molecule has 106 valence electrons. The molecular formula is C16H20FN3. The highest BCUT2D eigenvalue weighted by Crippen LogP contribution is 2.14. The lowest BCUT2D eigenvalue weighted by Gasteiger charge is -2.22. The minimum atomic E-state index is -0.302. The standard InChI is InChI=1S/C16H20FN3/c1-3-20(11-13(2)10-19)12-15-6-7-16(17)9-14(15)5-4-8-18/h6-7,9,13H,3,8,11-12,18H2,1-2H3. The molecule has 1 aromatic rings. The zero-order valence-corrected chi connectivity index (χ0v) is 12.0. The number of nitrogens with zero attached hydrogens (tertiary/aromatic N) is 2. The highest BCUT2D eigenvalue weighted by atomic mass is 19.1. The van der Waals surface area contributed by atoms with E-state index < -0.39 is 0 Å². The van der Waals surface area contributed by atoms with Crippen LogP contribution in [0.2, 0.25) is 0 Å². The second-order valence-electron chi connectivity index (χ2n) is 4.67. The Hall–Kier alpha value is -1.88. The Morgan fingerprint density at radius 3 is 2.80 bits per heavy atom. The first-order valence-electron chi connectivity index (χ1n) is 6.70. The molecule has 0 heterocycles. The highest BCUT2D eigenvalue weighted by molar-refractivity contribution is 5.41. The zero-order chi connectivity index (χ0) is 15.0. The van der Waals surface area contributed by atoms with Crippen molar-refractivity contribution in [3.8, 4) is 17.9 Å². The summed E-state index contributed by atoms with van der Waals surface area (Å²) in [6.45, 7) is 6.35. The van der Waals surface area contributed by atoms with Gasteiger partial charge in [0, 0.05) is 18.7 Å². The van der Waals surface area contributed by atoms with Crippen LogP contribution in [0.1, 0.15) is 25.0 Å². The first-order valence-corrected chi connectivity index (χ1v) is 6.70. The van der Waals surface area contributed by atoms with Crippen molar-refractivity contribution in [1.82, 2.24) is 4.90 Å². The molecule has 0 bridgehead atoms. The first kappa shape index (κ1) is 16.2. The summed E-state index contributed by atoms with van der Waals surface area (Å²) in [7, 11) is 0. The molecule has 0 aliphatic rings. The van der Waals surface area contributed by atoms with E-state index in [9.17, 15) is 4.39 Å². The molecule has 0 aromatic heterocycles. The predicted octanol–water partition coefficient (Wildman–Crippen LogP) is 2.12. The van der Waals surface area contributed by atoms with E-state index in [1.54, 1.807) is 6.07 Å². The maximum absolute atomic E-state index is 13.3. The fraction of sp³-hybridized carbons (Fsp3) is 0.438. The Bertz CT molecular complexity index is 537. The van der Waals surface area contributed by atoms with Crippen LogP contribution >= 0.6 is 0 Å². The molecule has 20 heavy (non-hydrogen) atoms. The average Bonchev–Trinajstić information content (AvgIpc) is 2.46. The van der Waals surface area contributed by atoms with E-state index in [2.05, 4.69) is 22.8 Å². The second kappa shape index (κ2) is 8.32. The molecular weight excluding hydrogens is 253 g/mol. The maximum Gasteiger partial charge on any atom is 0.124 e. The van der Waals surface area contributed by atoms with Crippen molar-refractivity contribution in [3.63, 3.8) is 0 Å². The third-order valence-corrected chi connectivity index (χ3v) is 2.99. The van der Waals surface area contributed by atoms with Crippen molar-refractivity contribution in [2.75, 3.05) is 19.6 Å². The lowest BCUT2D eigenvalue weighted by Crippen LogP contribution is -2.28. The SMILES string of the molecule is CCN(Cc1ccc(F)cc1C#CCN)CC(C)C#N. The van der Waals surface area contributed by atoms with Gasteiger partial charge in [-0.3, -0.25) is 4.90 Å². The molecule has 0 saturated heterocycles. The Labute approximate surface area is 120 Å². The van der Waals surface area contributed by atoms with Crippen molar-refractivity contribution in [2.45, 2.75) is 20.4 Å². The summed E-state index contributed by atoms with van der Waals surface area (Å²) in [4.78, 5) is 2.15. The van der Waals surface area contributed by atoms with E-state index in [0.29, 0.717) is 18.7 Å². The number of halogens is 1. The van der Waals surface area contributed by atoms with Crippen molar-refractivity contribution in [2.24, 2.45) is 11.7 Å². The number of rotatable bonds is 5. The summed E-state index contributed by atoms with van der Waals surface area (Å²) >= 11 is 0. The number of nitriles is 1. The van der Waals surface area contributed by atoms with Crippen LogP contribution in [0.5, 0.6) is 0 Å².